The predicted molar refractivity (Wildman–Crippen MR) is 67.6 cm³/mol. The normalized spacial score (nSPS) is 10.1. The molecule has 6 heteroatoms. The summed E-state index contributed by atoms with van der Waals surface area (Å²) in [6.07, 6.45) is 0. The molecule has 0 unspecified atom stereocenters. The zero-order valence-electron chi connectivity index (χ0n) is 8.90. The van der Waals surface area contributed by atoms with Crippen LogP contribution in [0.4, 0.5) is 17.6 Å². The van der Waals surface area contributed by atoms with Crippen LogP contribution in [-0.2, 0) is 6.54 Å². The summed E-state index contributed by atoms with van der Waals surface area (Å²) in [5, 5.41) is 10.3. The van der Waals surface area contributed by atoms with E-state index in [-0.39, 0.29) is 5.95 Å². The third-order valence-electron chi connectivity index (χ3n) is 2.05. The van der Waals surface area contributed by atoms with Crippen LogP contribution in [0.15, 0.2) is 22.9 Å². The number of nitrogens with two attached hydrogens (primary N) is 1. The van der Waals surface area contributed by atoms with E-state index in [1.807, 2.05) is 11.4 Å². The number of rotatable bonds is 4. The van der Waals surface area contributed by atoms with Crippen molar-refractivity contribution in [2.24, 2.45) is 0 Å². The first kappa shape index (κ1) is 10.7. The molecule has 0 aromatic carbocycles. The molecule has 0 saturated heterocycles. The van der Waals surface area contributed by atoms with Gasteiger partial charge in [-0.1, -0.05) is 0 Å². The number of thiophene rings is 1. The highest BCUT2D eigenvalue weighted by molar-refractivity contribution is 7.07. The van der Waals surface area contributed by atoms with E-state index >= 15 is 0 Å². The average molecular weight is 235 g/mol. The highest BCUT2D eigenvalue weighted by atomic mass is 32.1. The van der Waals surface area contributed by atoms with E-state index in [9.17, 15) is 0 Å². The molecule has 0 spiro atoms. The van der Waals surface area contributed by atoms with Crippen molar-refractivity contribution in [3.8, 4) is 0 Å². The third-order valence-corrected chi connectivity index (χ3v) is 2.79. The van der Waals surface area contributed by atoms with Crippen molar-refractivity contribution in [3.05, 3.63) is 28.5 Å². The van der Waals surface area contributed by atoms with Crippen LogP contribution in [0, 0.1) is 0 Å². The minimum atomic E-state index is 0.264. The second-order valence-electron chi connectivity index (χ2n) is 3.23. The second-order valence-corrected chi connectivity index (χ2v) is 4.01. The van der Waals surface area contributed by atoms with Crippen LogP contribution >= 0.6 is 11.3 Å². The van der Waals surface area contributed by atoms with Gasteiger partial charge in [0.05, 0.1) is 0 Å². The zero-order chi connectivity index (χ0) is 11.4. The fourth-order valence-electron chi connectivity index (χ4n) is 1.27. The van der Waals surface area contributed by atoms with Crippen molar-refractivity contribution in [1.82, 2.24) is 9.97 Å². The van der Waals surface area contributed by atoms with Crippen molar-refractivity contribution < 1.29 is 0 Å². The first-order valence-corrected chi connectivity index (χ1v) is 5.79. The molecular weight excluding hydrogens is 222 g/mol. The Labute approximate surface area is 97.7 Å². The number of hydrogen-bond donors (Lipinski definition) is 3. The van der Waals surface area contributed by atoms with Gasteiger partial charge in [0, 0.05) is 19.7 Å². The van der Waals surface area contributed by atoms with Gasteiger partial charge in [-0.15, -0.1) is 0 Å². The Bertz CT molecular complexity index is 454. The lowest BCUT2D eigenvalue weighted by Gasteiger charge is -2.07. The minimum absolute atomic E-state index is 0.264. The van der Waals surface area contributed by atoms with E-state index in [1.54, 1.807) is 18.4 Å². The molecule has 2 aromatic rings. The van der Waals surface area contributed by atoms with Crippen LogP contribution in [0.2, 0.25) is 0 Å². The molecule has 84 valence electrons. The molecular formula is C10H13N5S. The molecule has 0 aliphatic heterocycles. The monoisotopic (exact) mass is 235 g/mol. The van der Waals surface area contributed by atoms with Gasteiger partial charge in [-0.3, -0.25) is 0 Å². The van der Waals surface area contributed by atoms with E-state index < -0.39 is 0 Å². The van der Waals surface area contributed by atoms with Crippen molar-refractivity contribution in [2.75, 3.05) is 23.4 Å². The summed E-state index contributed by atoms with van der Waals surface area (Å²) in [5.41, 5.74) is 6.81. The van der Waals surface area contributed by atoms with Gasteiger partial charge < -0.3 is 16.4 Å². The Balaban J connectivity index is 2.06. The largest absolute Gasteiger partial charge is 0.373 e. The SMILES string of the molecule is CNc1cc(NCc2ccsc2)nc(N)n1. The molecule has 0 atom stereocenters. The van der Waals surface area contributed by atoms with E-state index in [0.29, 0.717) is 5.82 Å². The van der Waals surface area contributed by atoms with E-state index in [4.69, 9.17) is 5.73 Å². The van der Waals surface area contributed by atoms with Crippen LogP contribution in [0.3, 0.4) is 0 Å². The number of nitrogens with zero attached hydrogens (tertiary/aromatic N) is 2. The van der Waals surface area contributed by atoms with Gasteiger partial charge in [0.15, 0.2) is 0 Å². The maximum Gasteiger partial charge on any atom is 0.223 e. The number of anilines is 3. The Morgan fingerprint density at radius 1 is 1.38 bits per heavy atom. The Hall–Kier alpha value is -1.82. The maximum absolute atomic E-state index is 5.58. The summed E-state index contributed by atoms with van der Waals surface area (Å²) in [6.45, 7) is 0.739. The lowest BCUT2D eigenvalue weighted by atomic mass is 10.3. The average Bonchev–Trinajstić information content (AvgIpc) is 2.78. The molecule has 0 saturated carbocycles. The molecule has 5 nitrogen and oxygen atoms in total. The standard InChI is InChI=1S/C10H13N5S/c1-12-8-4-9(15-10(11)14-8)13-5-7-2-3-16-6-7/h2-4,6H,5H2,1H3,(H4,11,12,13,14,15). The first-order chi connectivity index (χ1) is 7.78. The van der Waals surface area contributed by atoms with E-state index in [1.165, 1.54) is 5.56 Å². The minimum Gasteiger partial charge on any atom is -0.373 e. The molecule has 0 aliphatic rings. The fourth-order valence-corrected chi connectivity index (χ4v) is 1.94. The van der Waals surface area contributed by atoms with Gasteiger partial charge in [0.1, 0.15) is 11.6 Å². The van der Waals surface area contributed by atoms with Gasteiger partial charge in [-0.25, -0.2) is 0 Å². The number of nitrogen functional groups attached to an aromatic ring is 1. The zero-order valence-corrected chi connectivity index (χ0v) is 9.71. The van der Waals surface area contributed by atoms with E-state index in [2.05, 4.69) is 32.0 Å². The molecule has 2 rings (SSSR count). The number of nitrogens with one attached hydrogen (secondary N) is 2. The molecule has 0 bridgehead atoms. The molecule has 0 amide bonds. The van der Waals surface area contributed by atoms with E-state index in [0.717, 1.165) is 12.4 Å². The van der Waals surface area contributed by atoms with Gasteiger partial charge in [0.25, 0.3) is 0 Å². The van der Waals surface area contributed by atoms with Gasteiger partial charge in [0.2, 0.25) is 5.95 Å². The summed E-state index contributed by atoms with van der Waals surface area (Å²) >= 11 is 1.68. The Morgan fingerprint density at radius 2 is 2.19 bits per heavy atom. The van der Waals surface area contributed by atoms with Crippen LogP contribution in [-0.4, -0.2) is 17.0 Å². The molecule has 0 radical (unpaired) electrons. The summed E-state index contributed by atoms with van der Waals surface area (Å²) in [4.78, 5) is 8.12. The fraction of sp³-hybridized carbons (Fsp3) is 0.200. The van der Waals surface area contributed by atoms with Crippen molar-refractivity contribution >= 4 is 28.9 Å². The predicted octanol–water partition coefficient (Wildman–Crippen LogP) is 1.77. The van der Waals surface area contributed by atoms with Crippen LogP contribution in [0.5, 0.6) is 0 Å². The lowest BCUT2D eigenvalue weighted by molar-refractivity contribution is 1.09. The van der Waals surface area contributed by atoms with Gasteiger partial charge in [-0.2, -0.15) is 21.3 Å². The summed E-state index contributed by atoms with van der Waals surface area (Å²) < 4.78 is 0. The van der Waals surface area contributed by atoms with Gasteiger partial charge >= 0.3 is 0 Å². The number of hydrogen-bond acceptors (Lipinski definition) is 6. The third kappa shape index (κ3) is 2.60. The highest BCUT2D eigenvalue weighted by Crippen LogP contribution is 2.13. The highest BCUT2D eigenvalue weighted by Gasteiger charge is 2.00. The van der Waals surface area contributed by atoms with Crippen molar-refractivity contribution in [2.45, 2.75) is 6.54 Å². The van der Waals surface area contributed by atoms with Crippen molar-refractivity contribution in [1.29, 1.82) is 0 Å². The topological polar surface area (TPSA) is 75.9 Å². The summed E-state index contributed by atoms with van der Waals surface area (Å²) in [5.74, 6) is 1.70. The molecule has 2 aromatic heterocycles. The molecule has 2 heterocycles. The first-order valence-electron chi connectivity index (χ1n) is 4.85. The molecule has 4 N–H and O–H groups in total. The smallest absolute Gasteiger partial charge is 0.223 e. The number of aromatic nitrogens is 2. The van der Waals surface area contributed by atoms with Crippen LogP contribution < -0.4 is 16.4 Å². The van der Waals surface area contributed by atoms with Crippen LogP contribution in [0.1, 0.15) is 5.56 Å². The molecule has 0 aliphatic carbocycles. The molecule has 16 heavy (non-hydrogen) atoms. The van der Waals surface area contributed by atoms with Crippen LogP contribution in [0.25, 0.3) is 0 Å². The van der Waals surface area contributed by atoms with Crippen molar-refractivity contribution in [3.63, 3.8) is 0 Å². The Kier molecular flexibility index (Phi) is 3.21. The quantitative estimate of drug-likeness (QED) is 0.753. The lowest BCUT2D eigenvalue weighted by Crippen LogP contribution is -2.05. The Morgan fingerprint density at radius 3 is 2.88 bits per heavy atom. The summed E-state index contributed by atoms with van der Waals surface area (Å²) in [6, 6.07) is 3.89. The van der Waals surface area contributed by atoms with Gasteiger partial charge in [-0.05, 0) is 22.4 Å². The molecule has 0 fully saturated rings. The maximum atomic E-state index is 5.58. The second kappa shape index (κ2) is 4.80. The summed E-state index contributed by atoms with van der Waals surface area (Å²) in [7, 11) is 1.80.